The second-order valence-electron chi connectivity index (χ2n) is 10.8. The summed E-state index contributed by atoms with van der Waals surface area (Å²) in [6, 6.07) is 1.46. The van der Waals surface area contributed by atoms with E-state index in [1.165, 1.54) is 25.7 Å². The van der Waals surface area contributed by atoms with Crippen molar-refractivity contribution in [2.75, 3.05) is 19.8 Å². The van der Waals surface area contributed by atoms with Crippen molar-refractivity contribution in [3.05, 3.63) is 64.5 Å². The lowest BCUT2D eigenvalue weighted by Gasteiger charge is -2.37. The van der Waals surface area contributed by atoms with Crippen molar-refractivity contribution in [2.24, 2.45) is 11.8 Å². The monoisotopic (exact) mass is 592 g/mol. The summed E-state index contributed by atoms with van der Waals surface area (Å²) in [6.07, 6.45) is 5.82. The lowest BCUT2D eigenvalue weighted by atomic mass is 9.78. The van der Waals surface area contributed by atoms with Crippen LogP contribution < -0.4 is 4.74 Å². The van der Waals surface area contributed by atoms with Gasteiger partial charge in [0.05, 0.1) is 19.8 Å². The lowest BCUT2D eigenvalue weighted by Crippen LogP contribution is -2.41. The standard InChI is InChI=1S/C30H35F7O4/c1-2-3-4-6-19-7-9-20(10-8-19)11-14-40-30(38-12-5-13-39-30)21-15-23(31)27(24(32)16-21)29(36,37)41-22-17-25(33)28(35)26(34)18-22/h15-20H,2-14H2,1H3. The molecule has 0 radical (unpaired) electrons. The van der Waals surface area contributed by atoms with Gasteiger partial charge in [0.15, 0.2) is 17.5 Å². The van der Waals surface area contributed by atoms with Crippen LogP contribution in [0.15, 0.2) is 24.3 Å². The van der Waals surface area contributed by atoms with Crippen molar-refractivity contribution >= 4 is 0 Å². The number of alkyl halides is 2. The molecule has 2 aromatic rings. The maximum Gasteiger partial charge on any atom is 0.432 e. The average molecular weight is 593 g/mol. The van der Waals surface area contributed by atoms with Gasteiger partial charge in [0, 0.05) is 17.7 Å². The van der Waals surface area contributed by atoms with Gasteiger partial charge in [-0.2, -0.15) is 8.78 Å². The van der Waals surface area contributed by atoms with E-state index in [1.54, 1.807) is 0 Å². The fourth-order valence-corrected chi connectivity index (χ4v) is 5.52. The molecule has 11 heteroatoms. The van der Waals surface area contributed by atoms with Gasteiger partial charge in [-0.3, -0.25) is 0 Å². The normalized spacial score (nSPS) is 21.2. The zero-order valence-electron chi connectivity index (χ0n) is 22.9. The molecule has 2 fully saturated rings. The number of hydrogen-bond donors (Lipinski definition) is 0. The highest BCUT2D eigenvalue weighted by Gasteiger charge is 2.45. The molecule has 1 heterocycles. The van der Waals surface area contributed by atoms with E-state index >= 15 is 8.78 Å². The summed E-state index contributed by atoms with van der Waals surface area (Å²) in [5, 5.41) is 0. The van der Waals surface area contributed by atoms with Crippen LogP contribution in [0.5, 0.6) is 5.75 Å². The molecule has 2 aliphatic rings. The molecule has 0 atom stereocenters. The molecule has 4 rings (SSSR count). The maximum absolute atomic E-state index is 15.0. The molecule has 1 aliphatic carbocycles. The van der Waals surface area contributed by atoms with E-state index in [0.29, 0.717) is 30.9 Å². The van der Waals surface area contributed by atoms with Crippen LogP contribution in [0.1, 0.15) is 82.3 Å². The SMILES string of the molecule is CCCCCC1CCC(CCOC2(c3cc(F)c(C(F)(F)Oc4cc(F)c(F)c(F)c4)c(F)c3)OCCCO2)CC1. The second kappa shape index (κ2) is 13.7. The maximum atomic E-state index is 15.0. The van der Waals surface area contributed by atoms with Gasteiger partial charge in [0.2, 0.25) is 0 Å². The van der Waals surface area contributed by atoms with Gasteiger partial charge in [-0.05, 0) is 36.8 Å². The Kier molecular flexibility index (Phi) is 10.6. The van der Waals surface area contributed by atoms with Gasteiger partial charge in [0.1, 0.15) is 22.9 Å². The predicted molar refractivity (Wildman–Crippen MR) is 136 cm³/mol. The third-order valence-electron chi connectivity index (χ3n) is 7.76. The van der Waals surface area contributed by atoms with Crippen LogP contribution in [-0.2, 0) is 26.3 Å². The Labute approximate surface area is 235 Å². The number of hydrogen-bond acceptors (Lipinski definition) is 4. The first kappa shape index (κ1) is 31.6. The molecule has 0 spiro atoms. The van der Waals surface area contributed by atoms with Crippen LogP contribution in [0.25, 0.3) is 0 Å². The van der Waals surface area contributed by atoms with Crippen molar-refractivity contribution in [1.29, 1.82) is 0 Å². The number of rotatable bonds is 12. The summed E-state index contributed by atoms with van der Waals surface area (Å²) in [7, 11) is 0. The summed E-state index contributed by atoms with van der Waals surface area (Å²) in [4.78, 5) is 0. The Morgan fingerprint density at radius 3 is 1.93 bits per heavy atom. The van der Waals surface area contributed by atoms with E-state index in [0.717, 1.165) is 31.6 Å². The first-order valence-corrected chi connectivity index (χ1v) is 14.2. The summed E-state index contributed by atoms with van der Waals surface area (Å²) < 4.78 is 121. The summed E-state index contributed by atoms with van der Waals surface area (Å²) in [5.41, 5.74) is -2.11. The van der Waals surface area contributed by atoms with Crippen LogP contribution >= 0.6 is 0 Å². The van der Waals surface area contributed by atoms with Gasteiger partial charge >= 0.3 is 12.1 Å². The quantitative estimate of drug-likeness (QED) is 0.140. The summed E-state index contributed by atoms with van der Waals surface area (Å²) in [6.45, 7) is 2.65. The highest BCUT2D eigenvalue weighted by atomic mass is 19.3. The van der Waals surface area contributed by atoms with Crippen molar-refractivity contribution in [3.8, 4) is 5.75 Å². The highest BCUT2D eigenvalue weighted by Crippen LogP contribution is 2.40. The van der Waals surface area contributed by atoms with Crippen LogP contribution in [0, 0.1) is 40.9 Å². The molecular weight excluding hydrogens is 557 g/mol. The minimum atomic E-state index is -4.71. The van der Waals surface area contributed by atoms with Crippen molar-refractivity contribution in [1.82, 2.24) is 0 Å². The van der Waals surface area contributed by atoms with E-state index in [-0.39, 0.29) is 37.5 Å². The largest absolute Gasteiger partial charge is 0.432 e. The van der Waals surface area contributed by atoms with E-state index < -0.39 is 52.5 Å². The van der Waals surface area contributed by atoms with E-state index in [1.807, 2.05) is 0 Å². The zero-order valence-corrected chi connectivity index (χ0v) is 22.9. The van der Waals surface area contributed by atoms with Gasteiger partial charge < -0.3 is 18.9 Å². The molecule has 0 unspecified atom stereocenters. The first-order valence-electron chi connectivity index (χ1n) is 14.2. The Morgan fingerprint density at radius 1 is 0.805 bits per heavy atom. The molecule has 1 saturated heterocycles. The van der Waals surface area contributed by atoms with E-state index in [9.17, 15) is 22.0 Å². The predicted octanol–water partition coefficient (Wildman–Crippen LogP) is 8.85. The second-order valence-corrected chi connectivity index (χ2v) is 10.8. The Bertz CT molecular complexity index is 1120. The molecule has 0 amide bonds. The number of unbranched alkanes of at least 4 members (excludes halogenated alkanes) is 2. The third-order valence-corrected chi connectivity index (χ3v) is 7.76. The molecular formula is C30H35F7O4. The fourth-order valence-electron chi connectivity index (χ4n) is 5.52. The molecule has 2 aromatic carbocycles. The summed E-state index contributed by atoms with van der Waals surface area (Å²) in [5.74, 6) is -11.0. The van der Waals surface area contributed by atoms with Gasteiger partial charge in [0.25, 0.3) is 0 Å². The fraction of sp³-hybridized carbons (Fsp3) is 0.600. The van der Waals surface area contributed by atoms with Crippen LogP contribution in [0.4, 0.5) is 30.7 Å². The smallest absolute Gasteiger partial charge is 0.429 e. The van der Waals surface area contributed by atoms with Gasteiger partial charge in [-0.25, -0.2) is 22.0 Å². The molecule has 228 valence electrons. The van der Waals surface area contributed by atoms with Crippen LogP contribution in [0.3, 0.4) is 0 Å². The summed E-state index contributed by atoms with van der Waals surface area (Å²) >= 11 is 0. The molecule has 1 aliphatic heterocycles. The molecule has 4 nitrogen and oxygen atoms in total. The minimum absolute atomic E-state index is 0.141. The zero-order chi connectivity index (χ0) is 29.6. The number of ether oxygens (including phenoxy) is 4. The third kappa shape index (κ3) is 7.73. The average Bonchev–Trinajstić information content (AvgIpc) is 2.92. The molecule has 0 bridgehead atoms. The molecule has 0 N–H and O–H groups in total. The van der Waals surface area contributed by atoms with Crippen molar-refractivity contribution in [3.63, 3.8) is 0 Å². The molecule has 1 saturated carbocycles. The van der Waals surface area contributed by atoms with Crippen molar-refractivity contribution < 1.29 is 49.7 Å². The topological polar surface area (TPSA) is 36.9 Å². The van der Waals surface area contributed by atoms with Gasteiger partial charge in [-0.15, -0.1) is 0 Å². The van der Waals surface area contributed by atoms with E-state index in [4.69, 9.17) is 14.2 Å². The van der Waals surface area contributed by atoms with Gasteiger partial charge in [-0.1, -0.05) is 58.3 Å². The van der Waals surface area contributed by atoms with E-state index in [2.05, 4.69) is 11.7 Å². The number of halogens is 7. The van der Waals surface area contributed by atoms with Crippen molar-refractivity contribution in [2.45, 2.75) is 83.2 Å². The van der Waals surface area contributed by atoms with Crippen LogP contribution in [0.2, 0.25) is 0 Å². The minimum Gasteiger partial charge on any atom is -0.429 e. The Hall–Kier alpha value is -2.37. The Morgan fingerprint density at radius 2 is 1.37 bits per heavy atom. The molecule has 0 aromatic heterocycles. The molecule has 41 heavy (non-hydrogen) atoms. The first-order chi connectivity index (χ1) is 19.5. The lowest BCUT2D eigenvalue weighted by molar-refractivity contribution is -0.412. The Balaban J connectivity index is 1.45. The number of benzene rings is 2. The van der Waals surface area contributed by atoms with Crippen LogP contribution in [-0.4, -0.2) is 19.8 Å². The highest BCUT2D eigenvalue weighted by molar-refractivity contribution is 5.32.